The highest BCUT2D eigenvalue weighted by Crippen LogP contribution is 2.15. The van der Waals surface area contributed by atoms with Gasteiger partial charge in [0.05, 0.1) is 0 Å². The highest BCUT2D eigenvalue weighted by Gasteiger charge is 2.19. The second-order valence-electron chi connectivity index (χ2n) is 17.8. The topological polar surface area (TPSA) is 78.9 Å². The molecule has 1 atom stereocenters. The Hall–Kier alpha value is -2.63. The van der Waals surface area contributed by atoms with Crippen LogP contribution in [0, 0.1) is 0 Å². The molecule has 0 aliphatic rings. The molecule has 0 saturated carbocycles. The van der Waals surface area contributed by atoms with Crippen LogP contribution in [0.1, 0.15) is 271 Å². The molecule has 62 heavy (non-hydrogen) atoms. The van der Waals surface area contributed by atoms with Gasteiger partial charge in [-0.1, -0.05) is 223 Å². The Kier molecular flexibility index (Phi) is 48.8. The maximum Gasteiger partial charge on any atom is 0.306 e. The monoisotopic (exact) mass is 869 g/mol. The predicted molar refractivity (Wildman–Crippen MR) is 265 cm³/mol. The highest BCUT2D eigenvalue weighted by molar-refractivity contribution is 5.71. The lowest BCUT2D eigenvalue weighted by atomic mass is 10.1. The summed E-state index contributed by atoms with van der Waals surface area (Å²) in [5.74, 6) is -0.894. The molecule has 6 nitrogen and oxygen atoms in total. The van der Waals surface area contributed by atoms with Crippen LogP contribution in [0.4, 0.5) is 0 Å². The predicted octanol–water partition coefficient (Wildman–Crippen LogP) is 17.5. The van der Waals surface area contributed by atoms with Crippen LogP contribution in [-0.2, 0) is 28.6 Å². The van der Waals surface area contributed by atoms with Crippen molar-refractivity contribution in [2.75, 3.05) is 13.2 Å². The number of carbonyl (C=O) groups is 3. The van der Waals surface area contributed by atoms with Crippen LogP contribution in [0.3, 0.4) is 0 Å². The molecule has 0 heterocycles. The van der Waals surface area contributed by atoms with Crippen molar-refractivity contribution in [2.45, 2.75) is 277 Å². The van der Waals surface area contributed by atoms with Crippen LogP contribution >= 0.6 is 0 Å². The van der Waals surface area contributed by atoms with Crippen molar-refractivity contribution in [1.29, 1.82) is 0 Å². The number of allylic oxidation sites excluding steroid dienone is 8. The summed E-state index contributed by atoms with van der Waals surface area (Å²) in [5.41, 5.74) is 0. The van der Waals surface area contributed by atoms with Crippen molar-refractivity contribution in [3.05, 3.63) is 48.6 Å². The van der Waals surface area contributed by atoms with Gasteiger partial charge in [-0.2, -0.15) is 0 Å². The van der Waals surface area contributed by atoms with Gasteiger partial charge in [0.2, 0.25) is 0 Å². The van der Waals surface area contributed by atoms with Crippen molar-refractivity contribution in [3.8, 4) is 0 Å². The van der Waals surface area contributed by atoms with Gasteiger partial charge in [0, 0.05) is 19.3 Å². The van der Waals surface area contributed by atoms with Gasteiger partial charge < -0.3 is 14.2 Å². The molecule has 0 unspecified atom stereocenters. The van der Waals surface area contributed by atoms with Crippen molar-refractivity contribution in [3.63, 3.8) is 0 Å². The molecule has 0 aliphatic carbocycles. The van der Waals surface area contributed by atoms with E-state index >= 15 is 0 Å². The summed E-state index contributed by atoms with van der Waals surface area (Å²) in [5, 5.41) is 0. The molecule has 0 spiro atoms. The summed E-state index contributed by atoms with van der Waals surface area (Å²) in [7, 11) is 0. The molecule has 0 aromatic rings. The first-order chi connectivity index (χ1) is 30.5. The standard InChI is InChI=1S/C56H100O6/c1-4-7-10-13-16-19-22-24-26-27-28-29-31-32-34-37-40-43-46-49-55(58)61-52-53(51-60-54(57)48-45-42-39-36-21-18-15-12-9-6-3)62-56(59)50-47-44-41-38-35-33-30-25-23-20-17-14-11-8-5-2/h8,11,17,20,25,27-28,30,53H,4-7,9-10,12-16,18-19,21-24,26,29,31-52H2,1-3H3/b11-8-,20-17-,28-27-,30-25-/t53-/m1/s1. The van der Waals surface area contributed by atoms with Crippen molar-refractivity contribution < 1.29 is 28.6 Å². The number of hydrogen-bond donors (Lipinski definition) is 0. The first-order valence-electron chi connectivity index (χ1n) is 26.6. The summed E-state index contributed by atoms with van der Waals surface area (Å²) in [6.07, 6.45) is 61.0. The van der Waals surface area contributed by atoms with Crippen molar-refractivity contribution in [1.82, 2.24) is 0 Å². The molecule has 0 saturated heterocycles. The molecule has 0 N–H and O–H groups in total. The van der Waals surface area contributed by atoms with E-state index in [0.717, 1.165) is 96.3 Å². The van der Waals surface area contributed by atoms with Gasteiger partial charge >= 0.3 is 17.9 Å². The van der Waals surface area contributed by atoms with E-state index in [1.807, 2.05) is 0 Å². The Morgan fingerprint density at radius 1 is 0.339 bits per heavy atom. The van der Waals surface area contributed by atoms with E-state index in [4.69, 9.17) is 14.2 Å². The van der Waals surface area contributed by atoms with Crippen molar-refractivity contribution >= 4 is 17.9 Å². The minimum Gasteiger partial charge on any atom is -0.462 e. The van der Waals surface area contributed by atoms with Crippen LogP contribution in [-0.4, -0.2) is 37.2 Å². The van der Waals surface area contributed by atoms with Gasteiger partial charge in [0.25, 0.3) is 0 Å². The van der Waals surface area contributed by atoms with E-state index < -0.39 is 6.10 Å². The second kappa shape index (κ2) is 51.0. The van der Waals surface area contributed by atoms with Gasteiger partial charge in [-0.25, -0.2) is 0 Å². The van der Waals surface area contributed by atoms with E-state index in [9.17, 15) is 14.4 Å². The van der Waals surface area contributed by atoms with Crippen LogP contribution in [0.5, 0.6) is 0 Å². The van der Waals surface area contributed by atoms with E-state index in [-0.39, 0.29) is 31.1 Å². The summed E-state index contributed by atoms with van der Waals surface area (Å²) in [4.78, 5) is 37.9. The third-order valence-corrected chi connectivity index (χ3v) is 11.6. The van der Waals surface area contributed by atoms with Gasteiger partial charge in [0.15, 0.2) is 6.10 Å². The number of unbranched alkanes of at least 4 members (excludes halogenated alkanes) is 29. The number of rotatable bonds is 48. The molecule has 0 bridgehead atoms. The Morgan fingerprint density at radius 3 is 1.00 bits per heavy atom. The average molecular weight is 869 g/mol. The van der Waals surface area contributed by atoms with E-state index in [1.54, 1.807) is 0 Å². The molecular weight excluding hydrogens is 769 g/mol. The lowest BCUT2D eigenvalue weighted by Crippen LogP contribution is -2.30. The minimum atomic E-state index is -0.780. The van der Waals surface area contributed by atoms with Crippen LogP contribution in [0.25, 0.3) is 0 Å². The molecule has 0 radical (unpaired) electrons. The second-order valence-corrected chi connectivity index (χ2v) is 17.8. The fourth-order valence-corrected chi connectivity index (χ4v) is 7.57. The molecule has 0 aromatic carbocycles. The zero-order valence-electron chi connectivity index (χ0n) is 41.1. The van der Waals surface area contributed by atoms with Gasteiger partial charge in [0.1, 0.15) is 13.2 Å². The number of ether oxygens (including phenoxy) is 3. The van der Waals surface area contributed by atoms with Crippen LogP contribution < -0.4 is 0 Å². The third-order valence-electron chi connectivity index (χ3n) is 11.6. The average Bonchev–Trinajstić information content (AvgIpc) is 3.27. The van der Waals surface area contributed by atoms with E-state index in [1.165, 1.54) is 135 Å². The number of esters is 3. The summed E-state index contributed by atoms with van der Waals surface area (Å²) >= 11 is 0. The molecule has 0 aromatic heterocycles. The first kappa shape index (κ1) is 59.4. The third kappa shape index (κ3) is 48.4. The maximum absolute atomic E-state index is 12.8. The van der Waals surface area contributed by atoms with Crippen LogP contribution in [0.15, 0.2) is 48.6 Å². The molecule has 0 fully saturated rings. The Bertz CT molecular complexity index is 1090. The molecule has 0 aliphatic heterocycles. The molecule has 0 amide bonds. The fourth-order valence-electron chi connectivity index (χ4n) is 7.57. The highest BCUT2D eigenvalue weighted by atomic mass is 16.6. The van der Waals surface area contributed by atoms with E-state index in [2.05, 4.69) is 69.4 Å². The van der Waals surface area contributed by atoms with Gasteiger partial charge in [-0.3, -0.25) is 14.4 Å². The number of carbonyl (C=O) groups excluding carboxylic acids is 3. The largest absolute Gasteiger partial charge is 0.462 e. The lowest BCUT2D eigenvalue weighted by molar-refractivity contribution is -0.167. The zero-order valence-corrected chi connectivity index (χ0v) is 41.1. The molecular formula is C56H100O6. The molecule has 360 valence electrons. The summed E-state index contributed by atoms with van der Waals surface area (Å²) in [6.45, 7) is 6.51. The van der Waals surface area contributed by atoms with Crippen LogP contribution in [0.2, 0.25) is 0 Å². The summed E-state index contributed by atoms with van der Waals surface area (Å²) in [6, 6.07) is 0. The lowest BCUT2D eigenvalue weighted by Gasteiger charge is -2.18. The van der Waals surface area contributed by atoms with Crippen molar-refractivity contribution in [2.24, 2.45) is 0 Å². The normalized spacial score (nSPS) is 12.4. The first-order valence-corrected chi connectivity index (χ1v) is 26.6. The molecule has 0 rings (SSSR count). The summed E-state index contributed by atoms with van der Waals surface area (Å²) < 4.78 is 16.8. The Morgan fingerprint density at radius 2 is 0.629 bits per heavy atom. The van der Waals surface area contributed by atoms with Gasteiger partial charge in [-0.15, -0.1) is 0 Å². The van der Waals surface area contributed by atoms with E-state index in [0.29, 0.717) is 19.3 Å². The zero-order chi connectivity index (χ0) is 45.1. The maximum atomic E-state index is 12.8. The fraction of sp³-hybridized carbons (Fsp3) is 0.804. The Labute approximate surface area is 384 Å². The molecule has 6 heteroatoms. The smallest absolute Gasteiger partial charge is 0.306 e. The minimum absolute atomic E-state index is 0.0795. The van der Waals surface area contributed by atoms with Gasteiger partial charge in [-0.05, 0) is 77.0 Å². The quantitative estimate of drug-likeness (QED) is 0.0262. The SMILES string of the molecule is CC/C=C\C/C=C\C/C=C\CCCCCCCC(=O)O[C@@H](COC(=O)CCCCCCCCC/C=C\CCCCCCCCCC)COC(=O)CCCCCCCCCCCC. The number of hydrogen-bond acceptors (Lipinski definition) is 6. The Balaban J connectivity index is 4.33.